The molecule has 0 saturated carbocycles. The highest BCUT2D eigenvalue weighted by atomic mass is 16.5. The van der Waals surface area contributed by atoms with Crippen LogP contribution in [0.5, 0.6) is 5.75 Å². The van der Waals surface area contributed by atoms with E-state index in [4.69, 9.17) is 4.74 Å². The van der Waals surface area contributed by atoms with Crippen LogP contribution in [0.3, 0.4) is 0 Å². The SMILES string of the molecule is CC(C)c1cc(O[C@@H](C)C(C)C)cc(C(C)C)c1. The number of benzene rings is 1. The number of rotatable bonds is 5. The van der Waals surface area contributed by atoms with E-state index < -0.39 is 0 Å². The van der Waals surface area contributed by atoms with Crippen LogP contribution in [0.1, 0.15) is 71.4 Å². The topological polar surface area (TPSA) is 9.23 Å². The molecule has 0 aliphatic rings. The molecule has 1 atom stereocenters. The van der Waals surface area contributed by atoms with Crippen molar-refractivity contribution in [1.29, 1.82) is 0 Å². The summed E-state index contributed by atoms with van der Waals surface area (Å²) in [6, 6.07) is 6.69. The van der Waals surface area contributed by atoms with Gasteiger partial charge in [0, 0.05) is 0 Å². The van der Waals surface area contributed by atoms with Crippen molar-refractivity contribution < 1.29 is 4.74 Å². The van der Waals surface area contributed by atoms with Crippen molar-refractivity contribution >= 4 is 0 Å². The van der Waals surface area contributed by atoms with Crippen molar-refractivity contribution in [3.8, 4) is 5.75 Å². The summed E-state index contributed by atoms with van der Waals surface area (Å²) in [5.74, 6) is 2.64. The molecule has 0 unspecified atom stereocenters. The van der Waals surface area contributed by atoms with E-state index in [0.717, 1.165) is 5.75 Å². The van der Waals surface area contributed by atoms with E-state index >= 15 is 0 Å². The third-order valence-corrected chi connectivity index (χ3v) is 3.55. The Balaban J connectivity index is 3.03. The summed E-state index contributed by atoms with van der Waals surface area (Å²) < 4.78 is 6.06. The molecule has 0 aliphatic carbocycles. The standard InChI is InChI=1S/C17H28O/c1-11(2)14(7)18-17-9-15(12(3)4)8-16(10-17)13(5)6/h8-14H,1-7H3/t14-/m0/s1. The van der Waals surface area contributed by atoms with Gasteiger partial charge in [0.05, 0.1) is 6.10 Å². The van der Waals surface area contributed by atoms with Gasteiger partial charge >= 0.3 is 0 Å². The van der Waals surface area contributed by atoms with Crippen LogP contribution in [-0.4, -0.2) is 6.10 Å². The lowest BCUT2D eigenvalue weighted by Gasteiger charge is -2.21. The maximum atomic E-state index is 6.06. The molecule has 0 heterocycles. The fraction of sp³-hybridized carbons (Fsp3) is 0.647. The minimum Gasteiger partial charge on any atom is -0.490 e. The third kappa shape index (κ3) is 4.04. The number of ether oxygens (including phenoxy) is 1. The second-order valence-corrected chi connectivity index (χ2v) is 6.21. The molecule has 0 amide bonds. The zero-order valence-electron chi connectivity index (χ0n) is 12.9. The van der Waals surface area contributed by atoms with Crippen LogP contribution < -0.4 is 4.74 Å². The van der Waals surface area contributed by atoms with Crippen LogP contribution in [0, 0.1) is 5.92 Å². The van der Waals surface area contributed by atoms with Crippen LogP contribution in [0.15, 0.2) is 18.2 Å². The molecule has 18 heavy (non-hydrogen) atoms. The Labute approximate surface area is 113 Å². The van der Waals surface area contributed by atoms with Crippen molar-refractivity contribution in [2.24, 2.45) is 5.92 Å². The normalized spacial score (nSPS) is 13.4. The summed E-state index contributed by atoms with van der Waals surface area (Å²) in [6.07, 6.45) is 0.257. The Bertz CT molecular complexity index is 351. The molecule has 0 spiro atoms. The lowest BCUT2D eigenvalue weighted by Crippen LogP contribution is -2.18. The molecule has 0 aromatic heterocycles. The Morgan fingerprint density at radius 3 is 1.50 bits per heavy atom. The molecule has 0 fully saturated rings. The highest BCUT2D eigenvalue weighted by Crippen LogP contribution is 2.28. The molecule has 1 aromatic carbocycles. The molecular weight excluding hydrogens is 220 g/mol. The third-order valence-electron chi connectivity index (χ3n) is 3.55. The average molecular weight is 248 g/mol. The predicted molar refractivity (Wildman–Crippen MR) is 79.5 cm³/mol. The van der Waals surface area contributed by atoms with Crippen molar-refractivity contribution in [1.82, 2.24) is 0 Å². The largest absolute Gasteiger partial charge is 0.490 e. The highest BCUT2D eigenvalue weighted by Gasteiger charge is 2.12. The first-order chi connectivity index (χ1) is 8.31. The van der Waals surface area contributed by atoms with Gasteiger partial charge in [0.15, 0.2) is 0 Å². The Morgan fingerprint density at radius 1 is 0.722 bits per heavy atom. The summed E-state index contributed by atoms with van der Waals surface area (Å²) >= 11 is 0. The Kier molecular flexibility index (Phi) is 5.25. The summed E-state index contributed by atoms with van der Waals surface area (Å²) in [5.41, 5.74) is 2.74. The van der Waals surface area contributed by atoms with Crippen molar-refractivity contribution in [3.63, 3.8) is 0 Å². The zero-order valence-corrected chi connectivity index (χ0v) is 12.9. The fourth-order valence-electron chi connectivity index (χ4n) is 1.73. The van der Waals surface area contributed by atoms with Crippen LogP contribution in [0.4, 0.5) is 0 Å². The number of hydrogen-bond acceptors (Lipinski definition) is 1. The smallest absolute Gasteiger partial charge is 0.120 e. The first-order valence-electron chi connectivity index (χ1n) is 7.12. The van der Waals surface area contributed by atoms with Gasteiger partial charge < -0.3 is 4.74 Å². The summed E-state index contributed by atoms with van der Waals surface area (Å²) in [7, 11) is 0. The first kappa shape index (κ1) is 15.1. The van der Waals surface area contributed by atoms with Crippen molar-refractivity contribution in [2.75, 3.05) is 0 Å². The van der Waals surface area contributed by atoms with Gasteiger partial charge in [-0.05, 0) is 47.9 Å². The van der Waals surface area contributed by atoms with Gasteiger partial charge in [-0.25, -0.2) is 0 Å². The minimum atomic E-state index is 0.257. The van der Waals surface area contributed by atoms with Gasteiger partial charge in [-0.1, -0.05) is 47.6 Å². The molecule has 1 aromatic rings. The van der Waals surface area contributed by atoms with Gasteiger partial charge in [-0.3, -0.25) is 0 Å². The Hall–Kier alpha value is -0.980. The summed E-state index contributed by atoms with van der Waals surface area (Å²) in [4.78, 5) is 0. The molecule has 0 aliphatic heterocycles. The van der Waals surface area contributed by atoms with E-state index in [1.807, 2.05) is 0 Å². The average Bonchev–Trinajstić information content (AvgIpc) is 2.28. The van der Waals surface area contributed by atoms with E-state index in [1.165, 1.54) is 11.1 Å². The Morgan fingerprint density at radius 2 is 1.17 bits per heavy atom. The molecular formula is C17H28O. The second kappa shape index (κ2) is 6.26. The van der Waals surface area contributed by atoms with Crippen LogP contribution in [0.25, 0.3) is 0 Å². The van der Waals surface area contributed by atoms with E-state index in [0.29, 0.717) is 17.8 Å². The summed E-state index contributed by atoms with van der Waals surface area (Å²) in [5, 5.41) is 0. The van der Waals surface area contributed by atoms with Crippen LogP contribution in [-0.2, 0) is 0 Å². The van der Waals surface area contributed by atoms with Gasteiger partial charge in [0.25, 0.3) is 0 Å². The lowest BCUT2D eigenvalue weighted by atomic mass is 9.95. The van der Waals surface area contributed by atoms with Crippen LogP contribution >= 0.6 is 0 Å². The van der Waals surface area contributed by atoms with E-state index in [9.17, 15) is 0 Å². The van der Waals surface area contributed by atoms with Gasteiger partial charge in [-0.2, -0.15) is 0 Å². The maximum Gasteiger partial charge on any atom is 0.120 e. The number of hydrogen-bond donors (Lipinski definition) is 0. The predicted octanol–water partition coefficient (Wildman–Crippen LogP) is 5.36. The van der Waals surface area contributed by atoms with Crippen molar-refractivity contribution in [3.05, 3.63) is 29.3 Å². The monoisotopic (exact) mass is 248 g/mol. The van der Waals surface area contributed by atoms with Crippen molar-refractivity contribution in [2.45, 2.75) is 66.4 Å². The van der Waals surface area contributed by atoms with Gasteiger partial charge in [0.2, 0.25) is 0 Å². The molecule has 102 valence electrons. The molecule has 0 saturated heterocycles. The zero-order chi connectivity index (χ0) is 13.9. The maximum absolute atomic E-state index is 6.06. The summed E-state index contributed by atoms with van der Waals surface area (Å²) in [6.45, 7) is 15.5. The van der Waals surface area contributed by atoms with Gasteiger partial charge in [-0.15, -0.1) is 0 Å². The molecule has 0 bridgehead atoms. The van der Waals surface area contributed by atoms with E-state index in [-0.39, 0.29) is 6.10 Å². The molecule has 1 nitrogen and oxygen atoms in total. The molecule has 0 N–H and O–H groups in total. The second-order valence-electron chi connectivity index (χ2n) is 6.21. The minimum absolute atomic E-state index is 0.257. The lowest BCUT2D eigenvalue weighted by molar-refractivity contribution is 0.170. The molecule has 1 heteroatoms. The quantitative estimate of drug-likeness (QED) is 0.682. The first-order valence-corrected chi connectivity index (χ1v) is 7.12. The molecule has 1 rings (SSSR count). The fourth-order valence-corrected chi connectivity index (χ4v) is 1.73. The highest BCUT2D eigenvalue weighted by molar-refractivity contribution is 5.37. The van der Waals surface area contributed by atoms with Crippen LogP contribution in [0.2, 0.25) is 0 Å². The van der Waals surface area contributed by atoms with Gasteiger partial charge in [0.1, 0.15) is 5.75 Å². The van der Waals surface area contributed by atoms with E-state index in [2.05, 4.69) is 66.7 Å². The van der Waals surface area contributed by atoms with E-state index in [1.54, 1.807) is 0 Å². The molecule has 0 radical (unpaired) electrons.